The van der Waals surface area contributed by atoms with E-state index in [1.54, 1.807) is 12.1 Å². The van der Waals surface area contributed by atoms with Crippen molar-refractivity contribution in [1.29, 1.82) is 5.26 Å². The second-order valence-corrected chi connectivity index (χ2v) is 7.58. The van der Waals surface area contributed by atoms with Crippen molar-refractivity contribution in [3.8, 4) is 5.40 Å². The van der Waals surface area contributed by atoms with Crippen LogP contribution in [0.25, 0.3) is 10.9 Å². The normalized spacial score (nSPS) is 10.5. The van der Waals surface area contributed by atoms with Crippen molar-refractivity contribution in [2.24, 2.45) is 0 Å². The zero-order valence-electron chi connectivity index (χ0n) is 17.0. The van der Waals surface area contributed by atoms with Crippen LogP contribution in [0, 0.1) is 24.5 Å². The molecule has 0 saturated heterocycles. The minimum Gasteiger partial charge on any atom is -0.452 e. The van der Waals surface area contributed by atoms with Crippen LogP contribution < -0.4 is 5.32 Å². The van der Waals surface area contributed by atoms with Gasteiger partial charge in [-0.25, -0.2) is 4.79 Å². The molecule has 1 aromatic heterocycles. The molecule has 1 amide bonds. The van der Waals surface area contributed by atoms with Gasteiger partial charge >= 0.3 is 5.97 Å². The Morgan fingerprint density at radius 1 is 1.20 bits per heavy atom. The standard InChI is InChI=1S/C23H21N3O3S/c1-4-18-22(15(3)17-7-5-6-8-20(17)25-18)23(28)29-12-21(27)26-19-10-9-16(30-13-24)11-14(19)2/h5-11H,4,12H2,1-3H3,(H,26,27). The van der Waals surface area contributed by atoms with Gasteiger partial charge in [-0.2, -0.15) is 5.26 Å². The third-order valence-electron chi connectivity index (χ3n) is 4.74. The first-order valence-electron chi connectivity index (χ1n) is 9.46. The summed E-state index contributed by atoms with van der Waals surface area (Å²) in [6.45, 7) is 5.23. The first-order chi connectivity index (χ1) is 14.4. The number of hydrogen-bond acceptors (Lipinski definition) is 6. The maximum Gasteiger partial charge on any atom is 0.340 e. The number of amides is 1. The summed E-state index contributed by atoms with van der Waals surface area (Å²) in [5.41, 5.74) is 4.11. The molecule has 3 rings (SSSR count). The van der Waals surface area contributed by atoms with Crippen LogP contribution in [0.3, 0.4) is 0 Å². The lowest BCUT2D eigenvalue weighted by atomic mass is 10.0. The highest BCUT2D eigenvalue weighted by Gasteiger charge is 2.20. The van der Waals surface area contributed by atoms with Gasteiger partial charge in [0.1, 0.15) is 5.40 Å². The Balaban J connectivity index is 1.72. The number of esters is 1. The Hall–Kier alpha value is -3.37. The Bertz CT molecular complexity index is 1170. The van der Waals surface area contributed by atoms with Crippen LogP contribution in [0.1, 0.15) is 34.1 Å². The number of rotatable bonds is 6. The van der Waals surface area contributed by atoms with Crippen molar-refractivity contribution in [2.75, 3.05) is 11.9 Å². The SMILES string of the molecule is CCc1nc2ccccc2c(C)c1C(=O)OCC(=O)Nc1ccc(SC#N)cc1C. The number of carbonyl (C=O) groups is 2. The van der Waals surface area contributed by atoms with Crippen LogP contribution in [0.15, 0.2) is 47.4 Å². The number of thiocyanates is 1. The summed E-state index contributed by atoms with van der Waals surface area (Å²) in [6.07, 6.45) is 0.578. The molecule has 0 unspecified atom stereocenters. The molecule has 1 N–H and O–H groups in total. The molecule has 0 aliphatic carbocycles. The number of pyridine rings is 1. The van der Waals surface area contributed by atoms with Crippen molar-refractivity contribution in [2.45, 2.75) is 32.1 Å². The van der Waals surface area contributed by atoms with E-state index in [0.29, 0.717) is 23.4 Å². The fourth-order valence-electron chi connectivity index (χ4n) is 3.25. The molecule has 30 heavy (non-hydrogen) atoms. The van der Waals surface area contributed by atoms with E-state index in [-0.39, 0.29) is 0 Å². The molecule has 6 nitrogen and oxygen atoms in total. The van der Waals surface area contributed by atoms with Gasteiger partial charge in [-0.15, -0.1) is 0 Å². The molecule has 0 radical (unpaired) electrons. The third-order valence-corrected chi connectivity index (χ3v) is 5.32. The van der Waals surface area contributed by atoms with E-state index >= 15 is 0 Å². The molecule has 0 atom stereocenters. The second kappa shape index (κ2) is 9.42. The number of ether oxygens (including phenoxy) is 1. The summed E-state index contributed by atoms with van der Waals surface area (Å²) < 4.78 is 5.30. The molecule has 0 spiro atoms. The lowest BCUT2D eigenvalue weighted by Gasteiger charge is -2.14. The monoisotopic (exact) mass is 419 g/mol. The Morgan fingerprint density at radius 3 is 2.67 bits per heavy atom. The first kappa shape index (κ1) is 21.3. The number of nitrogens with one attached hydrogen (secondary N) is 1. The minimum atomic E-state index is -0.560. The van der Waals surface area contributed by atoms with Crippen molar-refractivity contribution < 1.29 is 14.3 Å². The minimum absolute atomic E-state index is 0.400. The molecule has 0 aliphatic heterocycles. The Morgan fingerprint density at radius 2 is 1.97 bits per heavy atom. The third kappa shape index (κ3) is 4.61. The average molecular weight is 420 g/mol. The highest BCUT2D eigenvalue weighted by molar-refractivity contribution is 8.03. The van der Waals surface area contributed by atoms with Crippen molar-refractivity contribution in [3.63, 3.8) is 0 Å². The van der Waals surface area contributed by atoms with Gasteiger partial charge in [-0.3, -0.25) is 9.78 Å². The molecule has 0 saturated carbocycles. The van der Waals surface area contributed by atoms with Gasteiger partial charge in [-0.1, -0.05) is 25.1 Å². The lowest BCUT2D eigenvalue weighted by Crippen LogP contribution is -2.22. The number of fused-ring (bicyclic) bond motifs is 1. The number of anilines is 1. The van der Waals surface area contributed by atoms with Crippen LogP contribution >= 0.6 is 11.8 Å². The zero-order chi connectivity index (χ0) is 21.7. The number of nitrogens with zero attached hydrogens (tertiary/aromatic N) is 2. The summed E-state index contributed by atoms with van der Waals surface area (Å²) in [4.78, 5) is 30.4. The molecule has 152 valence electrons. The number of aryl methyl sites for hydroxylation is 3. The van der Waals surface area contributed by atoms with Gasteiger partial charge in [-0.05, 0) is 67.4 Å². The summed E-state index contributed by atoms with van der Waals surface area (Å²) in [6, 6.07) is 12.9. The van der Waals surface area contributed by atoms with Crippen molar-refractivity contribution in [1.82, 2.24) is 4.98 Å². The van der Waals surface area contributed by atoms with Crippen LogP contribution in [0.2, 0.25) is 0 Å². The lowest BCUT2D eigenvalue weighted by molar-refractivity contribution is -0.119. The molecule has 3 aromatic rings. The Labute approximate surface area is 179 Å². The van der Waals surface area contributed by atoms with Gasteiger partial charge in [0.25, 0.3) is 5.91 Å². The van der Waals surface area contributed by atoms with Crippen LogP contribution in [0.4, 0.5) is 5.69 Å². The summed E-state index contributed by atoms with van der Waals surface area (Å²) >= 11 is 1.05. The fraction of sp³-hybridized carbons (Fsp3) is 0.217. The first-order valence-corrected chi connectivity index (χ1v) is 10.3. The average Bonchev–Trinajstić information content (AvgIpc) is 2.74. The van der Waals surface area contributed by atoms with Gasteiger partial charge in [0.15, 0.2) is 6.61 Å². The van der Waals surface area contributed by atoms with Gasteiger partial charge in [0, 0.05) is 16.0 Å². The predicted octanol–water partition coefficient (Wildman–Crippen LogP) is 4.78. The van der Waals surface area contributed by atoms with E-state index in [1.165, 1.54) is 0 Å². The maximum absolute atomic E-state index is 12.8. The number of hydrogen-bond donors (Lipinski definition) is 1. The Kier molecular flexibility index (Phi) is 6.70. The highest BCUT2D eigenvalue weighted by atomic mass is 32.2. The second-order valence-electron chi connectivity index (χ2n) is 6.72. The molecular formula is C23H21N3O3S. The maximum atomic E-state index is 12.8. The molecule has 0 bridgehead atoms. The van der Waals surface area contributed by atoms with Crippen LogP contribution in [-0.2, 0) is 16.0 Å². The zero-order valence-corrected chi connectivity index (χ0v) is 17.8. The van der Waals surface area contributed by atoms with Gasteiger partial charge in [0.05, 0.1) is 16.8 Å². The van der Waals surface area contributed by atoms with E-state index in [9.17, 15) is 9.59 Å². The summed E-state index contributed by atoms with van der Waals surface area (Å²) in [5, 5.41) is 14.4. The molecule has 0 fully saturated rings. The number of thioether (sulfide) groups is 1. The highest BCUT2D eigenvalue weighted by Crippen LogP contribution is 2.25. The van der Waals surface area contributed by atoms with Crippen molar-refractivity contribution >= 4 is 40.2 Å². The quantitative estimate of drug-likeness (QED) is 0.351. The molecule has 1 heterocycles. The number of aromatic nitrogens is 1. The van der Waals surface area contributed by atoms with Crippen molar-refractivity contribution in [3.05, 3.63) is 64.8 Å². The van der Waals surface area contributed by atoms with E-state index in [1.807, 2.05) is 56.5 Å². The van der Waals surface area contributed by atoms with E-state index in [4.69, 9.17) is 10.00 Å². The van der Waals surface area contributed by atoms with Crippen LogP contribution in [0.5, 0.6) is 0 Å². The smallest absolute Gasteiger partial charge is 0.340 e. The number of nitriles is 1. The fourth-order valence-corrected chi connectivity index (χ4v) is 3.73. The van der Waals surface area contributed by atoms with E-state index in [0.717, 1.165) is 38.7 Å². The van der Waals surface area contributed by atoms with Gasteiger partial charge in [0.2, 0.25) is 0 Å². The molecule has 2 aromatic carbocycles. The van der Waals surface area contributed by atoms with Crippen LogP contribution in [-0.4, -0.2) is 23.5 Å². The van der Waals surface area contributed by atoms with Gasteiger partial charge < -0.3 is 10.1 Å². The number of benzene rings is 2. The summed E-state index contributed by atoms with van der Waals surface area (Å²) in [7, 11) is 0. The van der Waals surface area contributed by atoms with E-state index < -0.39 is 18.5 Å². The van der Waals surface area contributed by atoms with E-state index in [2.05, 4.69) is 10.3 Å². The molecule has 7 heteroatoms. The largest absolute Gasteiger partial charge is 0.452 e. The molecular weight excluding hydrogens is 398 g/mol. The number of para-hydroxylation sites is 1. The summed E-state index contributed by atoms with van der Waals surface area (Å²) in [5.74, 6) is -0.994. The topological polar surface area (TPSA) is 92.1 Å². The number of carbonyl (C=O) groups excluding carboxylic acids is 2. The molecule has 0 aliphatic rings. The predicted molar refractivity (Wildman–Crippen MR) is 117 cm³/mol.